The number of carbonyl (C=O) groups excluding carboxylic acids is 2. The number of hydrogen-bond acceptors (Lipinski definition) is 5. The van der Waals surface area contributed by atoms with Crippen molar-refractivity contribution in [1.82, 2.24) is 5.32 Å². The molecule has 0 aliphatic rings. The predicted molar refractivity (Wildman–Crippen MR) is 269 cm³/mol. The summed E-state index contributed by atoms with van der Waals surface area (Å²) in [5, 5.41) is 23.8. The first-order valence-electron chi connectivity index (χ1n) is 26.9. The molecule has 6 heteroatoms. The molecule has 0 aromatic carbocycles. The second kappa shape index (κ2) is 49.8. The highest BCUT2D eigenvalue weighted by atomic mass is 16.5. The molecule has 62 heavy (non-hydrogen) atoms. The average molecular weight is 870 g/mol. The number of amides is 1. The van der Waals surface area contributed by atoms with Crippen LogP contribution in [0.1, 0.15) is 271 Å². The third-order valence-corrected chi connectivity index (χ3v) is 12.2. The van der Waals surface area contributed by atoms with Gasteiger partial charge >= 0.3 is 5.97 Å². The quantitative estimate of drug-likeness (QED) is 0.0245. The third-order valence-electron chi connectivity index (χ3n) is 12.2. The van der Waals surface area contributed by atoms with Gasteiger partial charge < -0.3 is 20.3 Å². The Morgan fingerprint density at radius 3 is 1.35 bits per heavy atom. The number of ether oxygens (including phenoxy) is 1. The van der Waals surface area contributed by atoms with Crippen LogP contribution in [0, 0.1) is 0 Å². The lowest BCUT2D eigenvalue weighted by Crippen LogP contribution is -2.46. The first-order chi connectivity index (χ1) is 30.5. The molecule has 0 fully saturated rings. The van der Waals surface area contributed by atoms with E-state index in [4.69, 9.17) is 4.74 Å². The molecule has 3 N–H and O–H groups in total. The van der Waals surface area contributed by atoms with Crippen LogP contribution in [-0.2, 0) is 14.3 Å². The summed E-state index contributed by atoms with van der Waals surface area (Å²) in [7, 11) is 0. The Balaban J connectivity index is 4.56. The maximum atomic E-state index is 13.2. The van der Waals surface area contributed by atoms with Gasteiger partial charge in [0.05, 0.1) is 25.2 Å². The molecule has 0 aliphatic carbocycles. The monoisotopic (exact) mass is 870 g/mol. The van der Waals surface area contributed by atoms with Gasteiger partial charge in [0.25, 0.3) is 0 Å². The van der Waals surface area contributed by atoms with E-state index >= 15 is 0 Å². The average Bonchev–Trinajstić information content (AvgIpc) is 3.26. The van der Waals surface area contributed by atoms with E-state index in [-0.39, 0.29) is 24.9 Å². The minimum absolute atomic E-state index is 0.0522. The summed E-state index contributed by atoms with van der Waals surface area (Å²) in [5.74, 6) is -0.514. The highest BCUT2D eigenvalue weighted by molar-refractivity contribution is 5.77. The van der Waals surface area contributed by atoms with Crippen molar-refractivity contribution in [1.29, 1.82) is 0 Å². The zero-order chi connectivity index (χ0) is 45.2. The number of aliphatic hydroxyl groups excluding tert-OH is 2. The highest BCUT2D eigenvalue weighted by Gasteiger charge is 2.24. The van der Waals surface area contributed by atoms with Gasteiger partial charge in [0.2, 0.25) is 5.91 Å². The third kappa shape index (κ3) is 44.4. The Morgan fingerprint density at radius 2 is 0.871 bits per heavy atom. The molecule has 0 saturated carbocycles. The van der Waals surface area contributed by atoms with E-state index in [0.717, 1.165) is 83.5 Å². The lowest BCUT2D eigenvalue weighted by atomic mass is 10.0. The Bertz CT molecular complexity index is 1070. The number of allylic oxidation sites excluding steroid dienone is 8. The van der Waals surface area contributed by atoms with Gasteiger partial charge in [-0.3, -0.25) is 9.59 Å². The van der Waals surface area contributed by atoms with Gasteiger partial charge in [-0.15, -0.1) is 0 Å². The summed E-state index contributed by atoms with van der Waals surface area (Å²) < 4.78 is 5.91. The molecule has 3 atom stereocenters. The van der Waals surface area contributed by atoms with Crippen molar-refractivity contribution in [2.45, 2.75) is 289 Å². The number of esters is 1. The first-order valence-corrected chi connectivity index (χ1v) is 26.9. The van der Waals surface area contributed by atoms with Crippen molar-refractivity contribution in [2.24, 2.45) is 0 Å². The number of nitrogens with one attached hydrogen (secondary N) is 1. The predicted octanol–water partition coefficient (Wildman–Crippen LogP) is 16.2. The van der Waals surface area contributed by atoms with E-state index in [2.05, 4.69) is 74.7 Å². The molecular weight excluding hydrogens is 767 g/mol. The van der Waals surface area contributed by atoms with E-state index < -0.39 is 18.2 Å². The maximum Gasteiger partial charge on any atom is 0.306 e. The van der Waals surface area contributed by atoms with Crippen LogP contribution in [0.4, 0.5) is 0 Å². The van der Waals surface area contributed by atoms with Crippen LogP contribution in [0.15, 0.2) is 48.6 Å². The molecule has 0 radical (unpaired) electrons. The Kier molecular flexibility index (Phi) is 48.1. The standard InChI is InChI=1S/C56H103NO5/c1-4-7-10-13-16-19-22-24-26-28-30-32-34-36-39-42-45-48-54(59)53(51-58)57-55(60)50-52(62-56(61)49-46-43-40-37-21-18-15-12-9-6-3)47-44-41-38-35-33-31-29-27-25-23-20-17-14-11-8-5-2/h12,15,23,25,27,29,31,33,52-54,58-59H,4-11,13-14,16-22,24,26,28,30,32,34-51H2,1-3H3,(H,57,60)/b15-12-,25-23+,29-27+,33-31+. The molecule has 0 heterocycles. The van der Waals surface area contributed by atoms with Crippen LogP contribution in [0.2, 0.25) is 0 Å². The second-order valence-electron chi connectivity index (χ2n) is 18.3. The summed E-state index contributed by atoms with van der Waals surface area (Å²) in [6.45, 7) is 6.41. The molecule has 1 amide bonds. The number of unbranched alkanes of at least 4 members (excludes halogenated alkanes) is 30. The van der Waals surface area contributed by atoms with Crippen molar-refractivity contribution in [3.8, 4) is 0 Å². The fourth-order valence-electron chi connectivity index (χ4n) is 8.08. The molecule has 362 valence electrons. The highest BCUT2D eigenvalue weighted by Crippen LogP contribution is 2.18. The van der Waals surface area contributed by atoms with Crippen molar-refractivity contribution in [2.75, 3.05) is 6.61 Å². The number of hydrogen-bond donors (Lipinski definition) is 3. The molecule has 0 rings (SSSR count). The van der Waals surface area contributed by atoms with E-state index in [1.54, 1.807) is 0 Å². The maximum absolute atomic E-state index is 13.2. The van der Waals surface area contributed by atoms with Crippen LogP contribution >= 0.6 is 0 Å². The zero-order valence-electron chi connectivity index (χ0n) is 41.3. The van der Waals surface area contributed by atoms with Gasteiger partial charge in [-0.05, 0) is 70.6 Å². The fraction of sp³-hybridized carbons (Fsp3) is 0.821. The molecule has 3 unspecified atom stereocenters. The summed E-state index contributed by atoms with van der Waals surface area (Å²) in [5.41, 5.74) is 0. The smallest absolute Gasteiger partial charge is 0.306 e. The molecular formula is C56H103NO5. The van der Waals surface area contributed by atoms with Crippen molar-refractivity contribution < 1.29 is 24.5 Å². The van der Waals surface area contributed by atoms with Gasteiger partial charge in [0.1, 0.15) is 6.10 Å². The Hall–Kier alpha value is -2.18. The molecule has 0 aliphatic heterocycles. The molecule has 0 bridgehead atoms. The zero-order valence-corrected chi connectivity index (χ0v) is 41.3. The largest absolute Gasteiger partial charge is 0.462 e. The van der Waals surface area contributed by atoms with E-state index in [1.165, 1.54) is 141 Å². The molecule has 0 saturated heterocycles. The molecule has 0 aromatic rings. The van der Waals surface area contributed by atoms with Crippen molar-refractivity contribution >= 4 is 11.9 Å². The normalized spacial score (nSPS) is 13.6. The topological polar surface area (TPSA) is 95.9 Å². The molecule has 6 nitrogen and oxygen atoms in total. The first kappa shape index (κ1) is 59.8. The van der Waals surface area contributed by atoms with Gasteiger partial charge in [0.15, 0.2) is 0 Å². The van der Waals surface area contributed by atoms with Gasteiger partial charge in [0, 0.05) is 6.42 Å². The summed E-state index contributed by atoms with van der Waals surface area (Å²) in [6, 6.07) is -0.714. The minimum Gasteiger partial charge on any atom is -0.462 e. The van der Waals surface area contributed by atoms with Crippen LogP contribution in [0.5, 0.6) is 0 Å². The number of aliphatic hydroxyl groups is 2. The SMILES string of the molecule is CCC/C=C\CCCCCCCC(=O)OC(CCCCC/C=C/C=C/C=C/CCCCCCC)CC(=O)NC(CO)C(O)CCCCCCCCCCCCCCCCCCC. The van der Waals surface area contributed by atoms with Crippen LogP contribution < -0.4 is 5.32 Å². The van der Waals surface area contributed by atoms with Crippen LogP contribution in [0.3, 0.4) is 0 Å². The van der Waals surface area contributed by atoms with Crippen molar-refractivity contribution in [3.63, 3.8) is 0 Å². The van der Waals surface area contributed by atoms with E-state index in [1.807, 2.05) is 0 Å². The second-order valence-corrected chi connectivity index (χ2v) is 18.3. The summed E-state index contributed by atoms with van der Waals surface area (Å²) in [6.07, 6.45) is 60.3. The van der Waals surface area contributed by atoms with Gasteiger partial charge in [-0.2, -0.15) is 0 Å². The lowest BCUT2D eigenvalue weighted by molar-refractivity contribution is -0.151. The summed E-state index contributed by atoms with van der Waals surface area (Å²) in [4.78, 5) is 26.1. The van der Waals surface area contributed by atoms with E-state index in [9.17, 15) is 19.8 Å². The van der Waals surface area contributed by atoms with Crippen molar-refractivity contribution in [3.05, 3.63) is 48.6 Å². The Labute approximate surface area is 385 Å². The molecule has 0 spiro atoms. The van der Waals surface area contributed by atoms with Crippen LogP contribution in [0.25, 0.3) is 0 Å². The lowest BCUT2D eigenvalue weighted by Gasteiger charge is -2.24. The van der Waals surface area contributed by atoms with E-state index in [0.29, 0.717) is 19.3 Å². The van der Waals surface area contributed by atoms with Gasteiger partial charge in [-0.25, -0.2) is 0 Å². The number of carbonyl (C=O) groups is 2. The minimum atomic E-state index is -0.798. The van der Waals surface area contributed by atoms with Crippen LogP contribution in [-0.4, -0.2) is 46.9 Å². The Morgan fingerprint density at radius 1 is 0.468 bits per heavy atom. The summed E-state index contributed by atoms with van der Waals surface area (Å²) >= 11 is 0. The molecule has 0 aromatic heterocycles. The fourth-order valence-corrected chi connectivity index (χ4v) is 8.08. The van der Waals surface area contributed by atoms with Gasteiger partial charge in [-0.1, -0.05) is 236 Å². The number of rotatable bonds is 48.